The van der Waals surface area contributed by atoms with E-state index in [1.54, 1.807) is 0 Å². The van der Waals surface area contributed by atoms with E-state index in [0.29, 0.717) is 5.02 Å². The molecule has 3 nitrogen and oxygen atoms in total. The molecule has 0 aliphatic carbocycles. The molecule has 0 amide bonds. The maximum Gasteiger partial charge on any atom is 0.303 e. The summed E-state index contributed by atoms with van der Waals surface area (Å²) in [6.07, 6.45) is 1.48. The topological polar surface area (TPSA) is 30.2 Å². The quantitative estimate of drug-likeness (QED) is 0.167. The number of hydrogen-bond acceptors (Lipinski definition) is 2. The number of benzene rings is 4. The Hall–Kier alpha value is -4.21. The zero-order chi connectivity index (χ0) is 25.6. The van der Waals surface area contributed by atoms with Gasteiger partial charge in [-0.25, -0.2) is 0 Å². The van der Waals surface area contributed by atoms with Crippen molar-refractivity contribution in [3.63, 3.8) is 0 Å². The van der Waals surface area contributed by atoms with Crippen LogP contribution in [0.15, 0.2) is 134 Å². The standard InChI is InChI=1S/C33H27ClNO2/c1-24(36)37-33(29-18-11-19-30(34)22-29)32(27-16-9-4-10-17-27)35-21-20-28(25-12-5-2-6-13-25)23-31(35)26-14-7-3-8-15-26/h2-23,32-33H,1H3/q+1. The maximum absolute atomic E-state index is 12.4. The summed E-state index contributed by atoms with van der Waals surface area (Å²) in [5.41, 5.74) is 6.16. The molecule has 0 fully saturated rings. The van der Waals surface area contributed by atoms with E-state index in [9.17, 15) is 4.79 Å². The SMILES string of the molecule is CC(=O)OC(c1cccc(Cl)c1)C(c1ccccc1)[n+]1ccc(-c2ccccc2)cc1-c1ccccc1. The summed E-state index contributed by atoms with van der Waals surface area (Å²) in [6.45, 7) is 1.45. The number of carbonyl (C=O) groups excluding carboxylic acids is 1. The summed E-state index contributed by atoms with van der Waals surface area (Å²) in [5, 5.41) is 0.592. The summed E-state index contributed by atoms with van der Waals surface area (Å²) in [7, 11) is 0. The number of rotatable bonds is 7. The van der Waals surface area contributed by atoms with Crippen LogP contribution in [0.25, 0.3) is 22.4 Å². The second-order valence-electron chi connectivity index (χ2n) is 8.88. The Morgan fingerprint density at radius 1 is 0.676 bits per heavy atom. The average Bonchev–Trinajstić information content (AvgIpc) is 2.94. The van der Waals surface area contributed by atoms with Gasteiger partial charge in [0, 0.05) is 40.8 Å². The molecule has 2 unspecified atom stereocenters. The van der Waals surface area contributed by atoms with Gasteiger partial charge in [0.05, 0.1) is 0 Å². The summed E-state index contributed by atoms with van der Waals surface area (Å²) >= 11 is 6.39. The van der Waals surface area contributed by atoms with Crippen molar-refractivity contribution in [2.75, 3.05) is 0 Å². The van der Waals surface area contributed by atoms with E-state index in [0.717, 1.165) is 33.5 Å². The van der Waals surface area contributed by atoms with Gasteiger partial charge in [-0.3, -0.25) is 4.79 Å². The van der Waals surface area contributed by atoms with Crippen molar-refractivity contribution in [2.24, 2.45) is 0 Å². The molecule has 0 bridgehead atoms. The number of halogens is 1. The maximum atomic E-state index is 12.4. The van der Waals surface area contributed by atoms with Crippen LogP contribution in [0.2, 0.25) is 5.02 Å². The van der Waals surface area contributed by atoms with E-state index in [1.165, 1.54) is 6.92 Å². The van der Waals surface area contributed by atoms with Crippen LogP contribution in [0.1, 0.15) is 30.2 Å². The molecule has 0 aliphatic rings. The number of pyridine rings is 1. The van der Waals surface area contributed by atoms with Gasteiger partial charge in [0.15, 0.2) is 12.3 Å². The lowest BCUT2D eigenvalue weighted by Gasteiger charge is -2.25. The second kappa shape index (κ2) is 11.2. The van der Waals surface area contributed by atoms with Gasteiger partial charge in [0.2, 0.25) is 11.7 Å². The van der Waals surface area contributed by atoms with Crippen LogP contribution in [0.3, 0.4) is 0 Å². The molecule has 4 aromatic carbocycles. The molecule has 1 heterocycles. The molecule has 0 saturated heterocycles. The van der Waals surface area contributed by atoms with Crippen LogP contribution in [-0.4, -0.2) is 5.97 Å². The van der Waals surface area contributed by atoms with Crippen LogP contribution in [0.4, 0.5) is 0 Å². The molecule has 5 aromatic rings. The highest BCUT2D eigenvalue weighted by Gasteiger charge is 2.37. The molecule has 2 atom stereocenters. The van der Waals surface area contributed by atoms with Crippen LogP contribution < -0.4 is 4.57 Å². The first-order chi connectivity index (χ1) is 18.1. The largest absolute Gasteiger partial charge is 0.450 e. The third-order valence-corrected chi connectivity index (χ3v) is 6.59. The van der Waals surface area contributed by atoms with Crippen molar-refractivity contribution < 1.29 is 14.1 Å². The van der Waals surface area contributed by atoms with Gasteiger partial charge >= 0.3 is 5.97 Å². The molecular formula is C33H27ClNO2+. The molecule has 182 valence electrons. The smallest absolute Gasteiger partial charge is 0.303 e. The van der Waals surface area contributed by atoms with Gasteiger partial charge in [-0.15, -0.1) is 0 Å². The van der Waals surface area contributed by atoms with E-state index in [1.807, 2.05) is 78.9 Å². The van der Waals surface area contributed by atoms with E-state index < -0.39 is 6.10 Å². The first-order valence-electron chi connectivity index (χ1n) is 12.2. The Kier molecular flexibility index (Phi) is 7.43. The normalized spacial score (nSPS) is 12.5. The van der Waals surface area contributed by atoms with Crippen LogP contribution in [0.5, 0.6) is 0 Å². The Morgan fingerprint density at radius 2 is 1.27 bits per heavy atom. The lowest BCUT2D eigenvalue weighted by atomic mass is 9.93. The molecule has 4 heteroatoms. The van der Waals surface area contributed by atoms with Crippen LogP contribution >= 0.6 is 11.6 Å². The summed E-state index contributed by atoms with van der Waals surface area (Å²) in [4.78, 5) is 12.4. The lowest BCUT2D eigenvalue weighted by molar-refractivity contribution is -0.711. The molecule has 0 radical (unpaired) electrons. The first kappa shape index (κ1) is 24.5. The fourth-order valence-electron chi connectivity index (χ4n) is 4.71. The minimum atomic E-state index is -0.603. The molecule has 0 spiro atoms. The highest BCUT2D eigenvalue weighted by atomic mass is 35.5. The fraction of sp³-hybridized carbons (Fsp3) is 0.0909. The number of aromatic nitrogens is 1. The van der Waals surface area contributed by atoms with Gasteiger partial charge in [-0.1, -0.05) is 103 Å². The number of esters is 1. The predicted octanol–water partition coefficient (Wildman–Crippen LogP) is 7.86. The Labute approximate surface area is 222 Å². The minimum Gasteiger partial charge on any atom is -0.450 e. The van der Waals surface area contributed by atoms with Crippen molar-refractivity contribution in [1.29, 1.82) is 0 Å². The molecule has 5 rings (SSSR count). The van der Waals surface area contributed by atoms with E-state index in [2.05, 4.69) is 59.3 Å². The van der Waals surface area contributed by atoms with Gasteiger partial charge in [0.1, 0.15) is 0 Å². The zero-order valence-electron chi connectivity index (χ0n) is 20.5. The summed E-state index contributed by atoms with van der Waals surface area (Å²) < 4.78 is 8.25. The molecule has 0 saturated carbocycles. The molecule has 0 N–H and O–H groups in total. The van der Waals surface area contributed by atoms with Crippen LogP contribution in [0, 0.1) is 0 Å². The predicted molar refractivity (Wildman–Crippen MR) is 148 cm³/mol. The molecule has 37 heavy (non-hydrogen) atoms. The van der Waals surface area contributed by atoms with Crippen molar-refractivity contribution >= 4 is 17.6 Å². The number of nitrogens with zero attached hydrogens (tertiary/aromatic N) is 1. The number of hydrogen-bond donors (Lipinski definition) is 0. The van der Waals surface area contributed by atoms with E-state index in [-0.39, 0.29) is 12.0 Å². The Morgan fingerprint density at radius 3 is 1.89 bits per heavy atom. The highest BCUT2D eigenvalue weighted by Crippen LogP contribution is 2.35. The zero-order valence-corrected chi connectivity index (χ0v) is 21.3. The van der Waals surface area contributed by atoms with E-state index >= 15 is 0 Å². The monoisotopic (exact) mass is 504 g/mol. The number of carbonyl (C=O) groups is 1. The van der Waals surface area contributed by atoms with E-state index in [4.69, 9.17) is 16.3 Å². The van der Waals surface area contributed by atoms with Gasteiger partial charge in [0.25, 0.3) is 0 Å². The molecule has 1 aromatic heterocycles. The molecule has 0 aliphatic heterocycles. The van der Waals surface area contributed by atoms with Gasteiger partial charge < -0.3 is 4.74 Å². The fourth-order valence-corrected chi connectivity index (χ4v) is 4.91. The van der Waals surface area contributed by atoms with Crippen LogP contribution in [-0.2, 0) is 9.53 Å². The Bertz CT molecular complexity index is 1490. The van der Waals surface area contributed by atoms with Gasteiger partial charge in [-0.05, 0) is 35.4 Å². The van der Waals surface area contributed by atoms with Crippen molar-refractivity contribution in [1.82, 2.24) is 0 Å². The average molecular weight is 505 g/mol. The minimum absolute atomic E-state index is 0.344. The van der Waals surface area contributed by atoms with Gasteiger partial charge in [-0.2, -0.15) is 4.57 Å². The van der Waals surface area contributed by atoms with Crippen molar-refractivity contribution in [2.45, 2.75) is 19.1 Å². The third kappa shape index (κ3) is 5.63. The third-order valence-electron chi connectivity index (χ3n) is 6.36. The summed E-state index contributed by atoms with van der Waals surface area (Å²) in [6, 6.07) is 42.2. The summed E-state index contributed by atoms with van der Waals surface area (Å²) in [5.74, 6) is -0.353. The van der Waals surface area contributed by atoms with Crippen molar-refractivity contribution in [3.05, 3.63) is 150 Å². The Balaban J connectivity index is 1.76. The second-order valence-corrected chi connectivity index (χ2v) is 9.32. The highest BCUT2D eigenvalue weighted by molar-refractivity contribution is 6.30. The van der Waals surface area contributed by atoms with Crippen molar-refractivity contribution in [3.8, 4) is 22.4 Å². The number of ether oxygens (including phenoxy) is 1. The first-order valence-corrected chi connectivity index (χ1v) is 12.6. The lowest BCUT2D eigenvalue weighted by Crippen LogP contribution is -2.46. The molecular weight excluding hydrogens is 478 g/mol.